The molecule has 0 N–H and O–H groups in total. The van der Waals surface area contributed by atoms with Gasteiger partial charge in [-0.1, -0.05) is 13.8 Å². The van der Waals surface area contributed by atoms with Crippen molar-refractivity contribution >= 4 is 22.6 Å². The first-order valence-electron chi connectivity index (χ1n) is 6.20. The molecule has 1 aromatic rings. The molecule has 0 radical (unpaired) electrons. The monoisotopic (exact) mass is 332 g/mol. The van der Waals surface area contributed by atoms with Gasteiger partial charge in [0.15, 0.2) is 0 Å². The first-order chi connectivity index (χ1) is 7.49. The van der Waals surface area contributed by atoms with E-state index >= 15 is 0 Å². The van der Waals surface area contributed by atoms with E-state index < -0.39 is 0 Å². The fourth-order valence-electron chi connectivity index (χ4n) is 3.10. The molecule has 0 aromatic carbocycles. The van der Waals surface area contributed by atoms with Crippen LogP contribution in [0.2, 0.25) is 0 Å². The number of halogens is 1. The standard InChI is InChI=1S/C13H21IN2/c1-8-5-9(2)7-12(6-8)16-11(4)13(14)10(3)15-16/h8-9,12H,5-7H2,1-4H3. The van der Waals surface area contributed by atoms with Crippen LogP contribution in [0.5, 0.6) is 0 Å². The van der Waals surface area contributed by atoms with Crippen LogP contribution in [0.25, 0.3) is 0 Å². The Hall–Kier alpha value is -0.0600. The molecule has 1 heterocycles. The zero-order valence-corrected chi connectivity index (χ0v) is 12.8. The summed E-state index contributed by atoms with van der Waals surface area (Å²) in [4.78, 5) is 0. The van der Waals surface area contributed by atoms with E-state index in [-0.39, 0.29) is 0 Å². The van der Waals surface area contributed by atoms with Crippen molar-refractivity contribution in [1.82, 2.24) is 9.78 Å². The van der Waals surface area contributed by atoms with Crippen molar-refractivity contribution in [3.05, 3.63) is 15.0 Å². The molecule has 0 aliphatic heterocycles. The van der Waals surface area contributed by atoms with Gasteiger partial charge >= 0.3 is 0 Å². The van der Waals surface area contributed by atoms with Gasteiger partial charge in [0.1, 0.15) is 0 Å². The van der Waals surface area contributed by atoms with Gasteiger partial charge in [0.25, 0.3) is 0 Å². The number of hydrogen-bond donors (Lipinski definition) is 0. The minimum atomic E-state index is 0.626. The topological polar surface area (TPSA) is 17.8 Å². The molecule has 1 aliphatic carbocycles. The van der Waals surface area contributed by atoms with Gasteiger partial charge in [-0.25, -0.2) is 0 Å². The maximum absolute atomic E-state index is 4.71. The third kappa shape index (κ3) is 2.29. The fourth-order valence-corrected chi connectivity index (χ4v) is 3.46. The summed E-state index contributed by atoms with van der Waals surface area (Å²) in [6.07, 6.45) is 3.97. The summed E-state index contributed by atoms with van der Waals surface area (Å²) in [5.41, 5.74) is 2.54. The van der Waals surface area contributed by atoms with E-state index in [1.807, 2.05) is 0 Å². The molecule has 16 heavy (non-hydrogen) atoms. The van der Waals surface area contributed by atoms with Gasteiger partial charge in [-0.2, -0.15) is 5.10 Å². The Labute approximate surface area is 112 Å². The third-order valence-electron chi connectivity index (χ3n) is 3.74. The number of rotatable bonds is 1. The van der Waals surface area contributed by atoms with Crippen LogP contribution in [0.3, 0.4) is 0 Å². The molecule has 1 aromatic heterocycles. The third-order valence-corrected chi connectivity index (χ3v) is 5.30. The molecule has 1 saturated carbocycles. The van der Waals surface area contributed by atoms with Gasteiger partial charge in [-0.05, 0) is 67.5 Å². The Kier molecular flexibility index (Phi) is 3.62. The molecule has 0 saturated heterocycles. The Balaban J connectivity index is 2.26. The van der Waals surface area contributed by atoms with Crippen LogP contribution in [-0.4, -0.2) is 9.78 Å². The molecular formula is C13H21IN2. The summed E-state index contributed by atoms with van der Waals surface area (Å²) >= 11 is 2.41. The summed E-state index contributed by atoms with van der Waals surface area (Å²) in [5.74, 6) is 1.69. The number of aryl methyl sites for hydroxylation is 1. The zero-order valence-electron chi connectivity index (χ0n) is 10.6. The minimum absolute atomic E-state index is 0.626. The lowest BCUT2D eigenvalue weighted by Crippen LogP contribution is -2.24. The average molecular weight is 332 g/mol. The van der Waals surface area contributed by atoms with Crippen molar-refractivity contribution in [1.29, 1.82) is 0 Å². The van der Waals surface area contributed by atoms with Gasteiger partial charge in [0.05, 0.1) is 15.3 Å². The van der Waals surface area contributed by atoms with Crippen molar-refractivity contribution in [2.24, 2.45) is 11.8 Å². The van der Waals surface area contributed by atoms with Crippen molar-refractivity contribution < 1.29 is 0 Å². The van der Waals surface area contributed by atoms with Crippen LogP contribution >= 0.6 is 22.6 Å². The number of nitrogens with zero attached hydrogens (tertiary/aromatic N) is 2. The average Bonchev–Trinajstić information content (AvgIpc) is 2.44. The maximum Gasteiger partial charge on any atom is 0.0730 e. The molecule has 2 nitrogen and oxygen atoms in total. The van der Waals surface area contributed by atoms with Crippen molar-refractivity contribution in [3.63, 3.8) is 0 Å². The normalized spacial score (nSPS) is 30.7. The van der Waals surface area contributed by atoms with Crippen LogP contribution < -0.4 is 0 Å². The maximum atomic E-state index is 4.71. The summed E-state index contributed by atoms with van der Waals surface area (Å²) < 4.78 is 3.62. The molecular weight excluding hydrogens is 311 g/mol. The van der Waals surface area contributed by atoms with E-state index in [0.29, 0.717) is 6.04 Å². The first-order valence-corrected chi connectivity index (χ1v) is 7.28. The number of hydrogen-bond acceptors (Lipinski definition) is 1. The van der Waals surface area contributed by atoms with E-state index in [2.05, 4.69) is 55.0 Å². The molecule has 1 fully saturated rings. The summed E-state index contributed by atoms with van der Waals surface area (Å²) in [7, 11) is 0. The van der Waals surface area contributed by atoms with E-state index in [4.69, 9.17) is 5.10 Å². The highest BCUT2D eigenvalue weighted by atomic mass is 127. The van der Waals surface area contributed by atoms with E-state index in [0.717, 1.165) is 11.8 Å². The second kappa shape index (κ2) is 4.67. The van der Waals surface area contributed by atoms with Gasteiger partial charge < -0.3 is 0 Å². The lowest BCUT2D eigenvalue weighted by atomic mass is 9.80. The molecule has 2 unspecified atom stereocenters. The van der Waals surface area contributed by atoms with Gasteiger partial charge in [-0.3, -0.25) is 4.68 Å². The Bertz CT molecular complexity index is 374. The highest BCUT2D eigenvalue weighted by Crippen LogP contribution is 2.36. The lowest BCUT2D eigenvalue weighted by molar-refractivity contribution is 0.207. The Morgan fingerprint density at radius 1 is 1.12 bits per heavy atom. The predicted octanol–water partition coefficient (Wildman–Crippen LogP) is 4.10. The quantitative estimate of drug-likeness (QED) is 0.708. The van der Waals surface area contributed by atoms with Crippen LogP contribution in [-0.2, 0) is 0 Å². The van der Waals surface area contributed by atoms with Crippen LogP contribution in [0.15, 0.2) is 0 Å². The van der Waals surface area contributed by atoms with Crippen molar-refractivity contribution in [3.8, 4) is 0 Å². The van der Waals surface area contributed by atoms with Crippen LogP contribution in [0.4, 0.5) is 0 Å². The smallest absolute Gasteiger partial charge is 0.0730 e. The zero-order chi connectivity index (χ0) is 11.9. The lowest BCUT2D eigenvalue weighted by Gasteiger charge is -2.32. The van der Waals surface area contributed by atoms with E-state index in [1.165, 1.54) is 34.2 Å². The Morgan fingerprint density at radius 2 is 1.69 bits per heavy atom. The van der Waals surface area contributed by atoms with E-state index in [1.54, 1.807) is 0 Å². The SMILES string of the molecule is Cc1nn(C2CC(C)CC(C)C2)c(C)c1I. The minimum Gasteiger partial charge on any atom is -0.265 e. The highest BCUT2D eigenvalue weighted by Gasteiger charge is 2.27. The predicted molar refractivity (Wildman–Crippen MR) is 75.6 cm³/mol. The van der Waals surface area contributed by atoms with E-state index in [9.17, 15) is 0 Å². The largest absolute Gasteiger partial charge is 0.265 e. The van der Waals surface area contributed by atoms with Crippen LogP contribution in [0.1, 0.15) is 50.5 Å². The molecule has 2 rings (SSSR count). The van der Waals surface area contributed by atoms with Crippen molar-refractivity contribution in [2.75, 3.05) is 0 Å². The second-order valence-electron chi connectivity index (χ2n) is 5.50. The highest BCUT2D eigenvalue weighted by molar-refractivity contribution is 14.1. The van der Waals surface area contributed by atoms with Gasteiger partial charge in [0.2, 0.25) is 0 Å². The summed E-state index contributed by atoms with van der Waals surface area (Å²) in [5, 5.41) is 4.71. The van der Waals surface area contributed by atoms with Gasteiger partial charge in [0, 0.05) is 5.69 Å². The number of aromatic nitrogens is 2. The molecule has 1 aliphatic rings. The first kappa shape index (κ1) is 12.4. The fraction of sp³-hybridized carbons (Fsp3) is 0.769. The second-order valence-corrected chi connectivity index (χ2v) is 6.58. The molecule has 3 heteroatoms. The Morgan fingerprint density at radius 3 is 2.12 bits per heavy atom. The molecule has 2 atom stereocenters. The van der Waals surface area contributed by atoms with Gasteiger partial charge in [-0.15, -0.1) is 0 Å². The molecule has 0 spiro atoms. The summed E-state index contributed by atoms with van der Waals surface area (Å²) in [6, 6.07) is 0.626. The van der Waals surface area contributed by atoms with Crippen LogP contribution in [0, 0.1) is 29.3 Å². The molecule has 0 bridgehead atoms. The molecule has 90 valence electrons. The van der Waals surface area contributed by atoms with Crippen molar-refractivity contribution in [2.45, 2.75) is 53.0 Å². The summed E-state index contributed by atoms with van der Waals surface area (Å²) in [6.45, 7) is 9.06. The molecule has 0 amide bonds.